The maximum atomic E-state index is 13.8. The van der Waals surface area contributed by atoms with Crippen LogP contribution in [0.4, 0.5) is 4.39 Å². The van der Waals surface area contributed by atoms with E-state index in [2.05, 4.69) is 4.98 Å². The number of aromatic amines is 1. The van der Waals surface area contributed by atoms with Gasteiger partial charge in [-0.1, -0.05) is 11.6 Å². The van der Waals surface area contributed by atoms with Gasteiger partial charge in [0.2, 0.25) is 5.78 Å². The molecule has 0 saturated carbocycles. The Hall–Kier alpha value is -2.67. The molecule has 1 aromatic carbocycles. The molecule has 0 fully saturated rings. The SMILES string of the molecule is CCOC(=O)c1c(C)[nH]c(C(=O)[C@@H](C)OC(=O)c2ccc(Cl)cc2F)c1C. The quantitative estimate of drug-likeness (QED) is 0.589. The van der Waals surface area contributed by atoms with Crippen molar-refractivity contribution in [3.8, 4) is 0 Å². The third kappa shape index (κ3) is 4.36. The number of H-pyrrole nitrogens is 1. The van der Waals surface area contributed by atoms with Gasteiger partial charge in [0.25, 0.3) is 0 Å². The van der Waals surface area contributed by atoms with E-state index in [0.717, 1.165) is 6.07 Å². The Balaban J connectivity index is 2.21. The van der Waals surface area contributed by atoms with Crippen LogP contribution in [0.3, 0.4) is 0 Å². The number of hydrogen-bond acceptors (Lipinski definition) is 5. The van der Waals surface area contributed by atoms with Crippen LogP contribution in [-0.4, -0.2) is 35.4 Å². The summed E-state index contributed by atoms with van der Waals surface area (Å²) in [5.41, 5.74) is 0.939. The fourth-order valence-corrected chi connectivity index (χ4v) is 2.80. The molecule has 8 heteroatoms. The number of aromatic nitrogens is 1. The summed E-state index contributed by atoms with van der Waals surface area (Å²) < 4.78 is 23.9. The van der Waals surface area contributed by atoms with Crippen molar-refractivity contribution in [2.24, 2.45) is 0 Å². The molecule has 1 aromatic heterocycles. The van der Waals surface area contributed by atoms with Crippen molar-refractivity contribution < 1.29 is 28.2 Å². The standard InChI is InChI=1S/C19H19ClFNO5/c1-5-26-19(25)15-9(2)16(22-10(15)3)17(23)11(4)27-18(24)13-7-6-12(20)8-14(13)21/h6-8,11,22H,5H2,1-4H3/t11-/m1/s1. The van der Waals surface area contributed by atoms with E-state index in [4.69, 9.17) is 21.1 Å². The molecule has 0 unspecified atom stereocenters. The summed E-state index contributed by atoms with van der Waals surface area (Å²) >= 11 is 5.65. The zero-order valence-electron chi connectivity index (χ0n) is 15.3. The fourth-order valence-electron chi connectivity index (χ4n) is 2.64. The Morgan fingerprint density at radius 1 is 1.22 bits per heavy atom. The predicted molar refractivity (Wildman–Crippen MR) is 96.8 cm³/mol. The van der Waals surface area contributed by atoms with Gasteiger partial charge in [-0.15, -0.1) is 0 Å². The number of carbonyl (C=O) groups is 3. The molecule has 0 aliphatic carbocycles. The van der Waals surface area contributed by atoms with Crippen molar-refractivity contribution in [1.82, 2.24) is 4.98 Å². The van der Waals surface area contributed by atoms with Gasteiger partial charge in [-0.25, -0.2) is 14.0 Å². The van der Waals surface area contributed by atoms with Gasteiger partial charge in [-0.2, -0.15) is 0 Å². The lowest BCUT2D eigenvalue weighted by atomic mass is 10.1. The van der Waals surface area contributed by atoms with Crippen LogP contribution in [0.1, 0.15) is 56.3 Å². The number of halogens is 2. The molecule has 1 heterocycles. The Labute approximate surface area is 160 Å². The third-order valence-electron chi connectivity index (χ3n) is 3.97. The molecule has 144 valence electrons. The smallest absolute Gasteiger partial charge is 0.341 e. The van der Waals surface area contributed by atoms with Gasteiger partial charge in [0, 0.05) is 10.7 Å². The number of nitrogens with one attached hydrogen (secondary N) is 1. The van der Waals surface area contributed by atoms with Crippen LogP contribution in [0.15, 0.2) is 18.2 Å². The van der Waals surface area contributed by atoms with Gasteiger partial charge >= 0.3 is 11.9 Å². The predicted octanol–water partition coefficient (Wildman–Crippen LogP) is 4.03. The second kappa shape index (κ2) is 8.35. The lowest BCUT2D eigenvalue weighted by Crippen LogP contribution is -2.25. The summed E-state index contributed by atoms with van der Waals surface area (Å²) in [4.78, 5) is 39.6. The molecule has 0 bridgehead atoms. The highest BCUT2D eigenvalue weighted by molar-refractivity contribution is 6.30. The molecule has 0 aliphatic heterocycles. The van der Waals surface area contributed by atoms with Crippen LogP contribution in [0.2, 0.25) is 5.02 Å². The van der Waals surface area contributed by atoms with Crippen molar-refractivity contribution in [2.45, 2.75) is 33.8 Å². The molecule has 0 spiro atoms. The lowest BCUT2D eigenvalue weighted by Gasteiger charge is -2.12. The van der Waals surface area contributed by atoms with Crippen LogP contribution >= 0.6 is 11.6 Å². The van der Waals surface area contributed by atoms with E-state index in [-0.39, 0.29) is 28.5 Å². The number of hydrogen-bond donors (Lipinski definition) is 1. The summed E-state index contributed by atoms with van der Waals surface area (Å²) in [6, 6.07) is 3.51. The first kappa shape index (κ1) is 20.6. The van der Waals surface area contributed by atoms with E-state index in [1.165, 1.54) is 19.1 Å². The molecular weight excluding hydrogens is 377 g/mol. The minimum atomic E-state index is -1.20. The zero-order valence-corrected chi connectivity index (χ0v) is 16.1. The van der Waals surface area contributed by atoms with E-state index in [0.29, 0.717) is 11.3 Å². The number of esters is 2. The number of Topliss-reactive ketones (excluding diaryl/α,β-unsaturated/α-hetero) is 1. The molecule has 6 nitrogen and oxygen atoms in total. The first-order chi connectivity index (χ1) is 12.7. The Kier molecular flexibility index (Phi) is 6.38. The topological polar surface area (TPSA) is 85.5 Å². The van der Waals surface area contributed by atoms with E-state index in [1.54, 1.807) is 20.8 Å². The largest absolute Gasteiger partial charge is 0.462 e. The van der Waals surface area contributed by atoms with Crippen molar-refractivity contribution in [1.29, 1.82) is 0 Å². The zero-order chi connectivity index (χ0) is 20.3. The van der Waals surface area contributed by atoms with Crippen molar-refractivity contribution in [3.63, 3.8) is 0 Å². The summed E-state index contributed by atoms with van der Waals surface area (Å²) in [5.74, 6) is -2.93. The molecule has 0 amide bonds. The minimum Gasteiger partial charge on any atom is -0.462 e. The molecule has 2 aromatic rings. The molecule has 27 heavy (non-hydrogen) atoms. The molecule has 2 rings (SSSR count). The normalized spacial score (nSPS) is 11.8. The van der Waals surface area contributed by atoms with Crippen LogP contribution in [0.25, 0.3) is 0 Å². The van der Waals surface area contributed by atoms with Crippen molar-refractivity contribution in [3.05, 3.63) is 57.1 Å². The average Bonchev–Trinajstić information content (AvgIpc) is 2.88. The van der Waals surface area contributed by atoms with Gasteiger partial charge < -0.3 is 14.5 Å². The van der Waals surface area contributed by atoms with Gasteiger partial charge in [0.1, 0.15) is 5.82 Å². The second-order valence-electron chi connectivity index (χ2n) is 5.88. The Morgan fingerprint density at radius 3 is 2.48 bits per heavy atom. The molecule has 1 atom stereocenters. The lowest BCUT2D eigenvalue weighted by molar-refractivity contribution is 0.0312. The maximum Gasteiger partial charge on any atom is 0.341 e. The number of aryl methyl sites for hydroxylation is 1. The summed E-state index contributed by atoms with van der Waals surface area (Å²) in [5, 5.41) is 0.136. The third-order valence-corrected chi connectivity index (χ3v) is 4.20. The highest BCUT2D eigenvalue weighted by Gasteiger charge is 2.28. The number of ketones is 1. The van der Waals surface area contributed by atoms with Gasteiger partial charge in [-0.05, 0) is 51.5 Å². The van der Waals surface area contributed by atoms with Crippen LogP contribution < -0.4 is 0 Å². The first-order valence-electron chi connectivity index (χ1n) is 8.23. The first-order valence-corrected chi connectivity index (χ1v) is 8.61. The Bertz CT molecular complexity index is 906. The maximum absolute atomic E-state index is 13.8. The van der Waals surface area contributed by atoms with Crippen LogP contribution in [-0.2, 0) is 9.47 Å². The Morgan fingerprint density at radius 2 is 1.89 bits per heavy atom. The van der Waals surface area contributed by atoms with Crippen LogP contribution in [0.5, 0.6) is 0 Å². The number of ether oxygens (including phenoxy) is 2. The van der Waals surface area contributed by atoms with E-state index in [1.807, 2.05) is 0 Å². The van der Waals surface area contributed by atoms with E-state index >= 15 is 0 Å². The molecular formula is C19H19ClFNO5. The van der Waals surface area contributed by atoms with Crippen LogP contribution in [0, 0.1) is 19.7 Å². The molecule has 0 radical (unpaired) electrons. The summed E-state index contributed by atoms with van der Waals surface area (Å²) in [6.45, 7) is 6.48. The molecule has 0 saturated heterocycles. The van der Waals surface area contributed by atoms with Gasteiger partial charge in [0.15, 0.2) is 6.10 Å². The number of benzene rings is 1. The fraction of sp³-hybridized carbons (Fsp3) is 0.316. The highest BCUT2D eigenvalue weighted by atomic mass is 35.5. The summed E-state index contributed by atoms with van der Waals surface area (Å²) in [6.07, 6.45) is -1.20. The number of carbonyl (C=O) groups excluding carboxylic acids is 3. The molecule has 1 N–H and O–H groups in total. The minimum absolute atomic E-state index is 0.132. The van der Waals surface area contributed by atoms with Crippen molar-refractivity contribution in [2.75, 3.05) is 6.61 Å². The van der Waals surface area contributed by atoms with E-state index < -0.39 is 29.6 Å². The van der Waals surface area contributed by atoms with Gasteiger partial charge in [-0.3, -0.25) is 4.79 Å². The average molecular weight is 396 g/mol. The highest BCUT2D eigenvalue weighted by Crippen LogP contribution is 2.22. The monoisotopic (exact) mass is 395 g/mol. The summed E-state index contributed by atoms with van der Waals surface area (Å²) in [7, 11) is 0. The van der Waals surface area contributed by atoms with Crippen molar-refractivity contribution >= 4 is 29.3 Å². The van der Waals surface area contributed by atoms with Gasteiger partial charge in [0.05, 0.1) is 23.4 Å². The number of rotatable bonds is 6. The van der Waals surface area contributed by atoms with E-state index in [9.17, 15) is 18.8 Å². The second-order valence-corrected chi connectivity index (χ2v) is 6.32. The molecule has 0 aliphatic rings.